The molecular weight excluding hydrogens is 314 g/mol. The second-order valence-electron chi connectivity index (χ2n) is 6.07. The standard InChI is InChI=1S/C16H27N3O3S/c1-13-8-6-9-14(2)16(13)17-15(20)12-19(23(5,21)22)11-7-10-18(3)4/h6,8-9H,7,10-12H2,1-5H3,(H,17,20). The number of carbonyl (C=O) groups excluding carboxylic acids is 1. The minimum Gasteiger partial charge on any atom is -0.324 e. The van der Waals surface area contributed by atoms with Gasteiger partial charge in [-0.05, 0) is 52.0 Å². The summed E-state index contributed by atoms with van der Waals surface area (Å²) in [7, 11) is 0.442. The molecule has 1 N–H and O–H groups in total. The van der Waals surface area contributed by atoms with Gasteiger partial charge in [0.25, 0.3) is 0 Å². The first-order valence-corrected chi connectivity index (χ1v) is 9.42. The first-order valence-electron chi connectivity index (χ1n) is 7.57. The van der Waals surface area contributed by atoms with Gasteiger partial charge in [0.15, 0.2) is 0 Å². The lowest BCUT2D eigenvalue weighted by molar-refractivity contribution is -0.116. The van der Waals surface area contributed by atoms with Gasteiger partial charge in [-0.2, -0.15) is 4.31 Å². The van der Waals surface area contributed by atoms with Crippen LogP contribution in [0, 0.1) is 13.8 Å². The Morgan fingerprint density at radius 2 is 1.70 bits per heavy atom. The summed E-state index contributed by atoms with van der Waals surface area (Å²) in [5.41, 5.74) is 2.66. The van der Waals surface area contributed by atoms with Gasteiger partial charge in [-0.1, -0.05) is 18.2 Å². The number of nitrogens with one attached hydrogen (secondary N) is 1. The van der Waals surface area contributed by atoms with Crippen LogP contribution in [0.1, 0.15) is 17.5 Å². The van der Waals surface area contributed by atoms with E-state index in [4.69, 9.17) is 0 Å². The Labute approximate surface area is 139 Å². The monoisotopic (exact) mass is 341 g/mol. The molecule has 23 heavy (non-hydrogen) atoms. The van der Waals surface area contributed by atoms with Crippen molar-refractivity contribution >= 4 is 21.6 Å². The van der Waals surface area contributed by atoms with Crippen LogP contribution in [0.5, 0.6) is 0 Å². The second-order valence-corrected chi connectivity index (χ2v) is 8.05. The van der Waals surface area contributed by atoms with E-state index in [1.165, 1.54) is 4.31 Å². The molecule has 0 fully saturated rings. The Bertz CT molecular complexity index is 622. The highest BCUT2D eigenvalue weighted by Crippen LogP contribution is 2.19. The zero-order valence-electron chi connectivity index (χ0n) is 14.6. The number of rotatable bonds is 8. The summed E-state index contributed by atoms with van der Waals surface area (Å²) in [6.07, 6.45) is 1.81. The van der Waals surface area contributed by atoms with Gasteiger partial charge < -0.3 is 10.2 Å². The molecule has 0 saturated carbocycles. The average Bonchev–Trinajstić information content (AvgIpc) is 2.40. The van der Waals surface area contributed by atoms with Crippen molar-refractivity contribution in [2.45, 2.75) is 20.3 Å². The normalized spacial score (nSPS) is 12.0. The van der Waals surface area contributed by atoms with Crippen LogP contribution < -0.4 is 5.32 Å². The van der Waals surface area contributed by atoms with E-state index < -0.39 is 10.0 Å². The first-order chi connectivity index (χ1) is 10.6. The van der Waals surface area contributed by atoms with Gasteiger partial charge in [0.1, 0.15) is 0 Å². The smallest absolute Gasteiger partial charge is 0.239 e. The molecule has 7 heteroatoms. The third kappa shape index (κ3) is 6.68. The first kappa shape index (κ1) is 19.6. The summed E-state index contributed by atoms with van der Waals surface area (Å²) in [5, 5.41) is 2.82. The van der Waals surface area contributed by atoms with E-state index in [1.54, 1.807) is 0 Å². The number of carbonyl (C=O) groups is 1. The molecule has 1 amide bonds. The molecule has 130 valence electrons. The molecule has 0 aliphatic carbocycles. The molecule has 0 aliphatic heterocycles. The van der Waals surface area contributed by atoms with E-state index in [9.17, 15) is 13.2 Å². The predicted molar refractivity (Wildman–Crippen MR) is 94.1 cm³/mol. The Hall–Kier alpha value is -1.44. The number of sulfonamides is 1. The van der Waals surface area contributed by atoms with Crippen molar-refractivity contribution in [3.63, 3.8) is 0 Å². The lowest BCUT2D eigenvalue weighted by Crippen LogP contribution is -2.39. The third-order valence-corrected chi connectivity index (χ3v) is 4.80. The van der Waals surface area contributed by atoms with Crippen molar-refractivity contribution in [1.82, 2.24) is 9.21 Å². The van der Waals surface area contributed by atoms with E-state index in [1.807, 2.05) is 51.0 Å². The average molecular weight is 341 g/mol. The Balaban J connectivity index is 2.74. The number of aryl methyl sites for hydroxylation is 2. The maximum absolute atomic E-state index is 12.2. The molecule has 0 aromatic heterocycles. The fraction of sp³-hybridized carbons (Fsp3) is 0.562. The van der Waals surface area contributed by atoms with Gasteiger partial charge in [-0.3, -0.25) is 4.79 Å². The molecule has 0 saturated heterocycles. The number of benzene rings is 1. The molecule has 0 heterocycles. The number of amides is 1. The van der Waals surface area contributed by atoms with Crippen molar-refractivity contribution < 1.29 is 13.2 Å². The van der Waals surface area contributed by atoms with Crippen LogP contribution >= 0.6 is 0 Å². The molecule has 0 unspecified atom stereocenters. The van der Waals surface area contributed by atoms with E-state index in [2.05, 4.69) is 5.32 Å². The highest BCUT2D eigenvalue weighted by molar-refractivity contribution is 7.88. The van der Waals surface area contributed by atoms with E-state index in [0.717, 1.165) is 29.6 Å². The van der Waals surface area contributed by atoms with Crippen LogP contribution in [0.3, 0.4) is 0 Å². The maximum Gasteiger partial charge on any atom is 0.239 e. The third-order valence-electron chi connectivity index (χ3n) is 3.55. The summed E-state index contributed by atoms with van der Waals surface area (Å²) < 4.78 is 24.9. The van der Waals surface area contributed by atoms with E-state index in [0.29, 0.717) is 13.0 Å². The highest BCUT2D eigenvalue weighted by atomic mass is 32.2. The zero-order chi connectivity index (χ0) is 17.6. The number of nitrogens with zero attached hydrogens (tertiary/aromatic N) is 2. The quantitative estimate of drug-likeness (QED) is 0.777. The number of hydrogen-bond acceptors (Lipinski definition) is 4. The van der Waals surface area contributed by atoms with Gasteiger partial charge in [-0.15, -0.1) is 0 Å². The molecule has 1 aromatic carbocycles. The summed E-state index contributed by atoms with van der Waals surface area (Å²) >= 11 is 0. The molecule has 1 rings (SSSR count). The van der Waals surface area contributed by atoms with Crippen LogP contribution in [-0.4, -0.2) is 63.5 Å². The van der Waals surface area contributed by atoms with Crippen LogP contribution in [0.15, 0.2) is 18.2 Å². The summed E-state index contributed by atoms with van der Waals surface area (Å²) in [6.45, 7) is 4.75. The SMILES string of the molecule is Cc1cccc(C)c1NC(=O)CN(CCCN(C)C)S(C)(=O)=O. The van der Waals surface area contributed by atoms with Crippen LogP contribution in [0.4, 0.5) is 5.69 Å². The number of para-hydroxylation sites is 1. The minimum absolute atomic E-state index is 0.167. The molecule has 6 nitrogen and oxygen atoms in total. The summed E-state index contributed by atoms with van der Waals surface area (Å²) in [6, 6.07) is 5.74. The molecule has 0 spiro atoms. The number of anilines is 1. The van der Waals surface area contributed by atoms with Crippen molar-refractivity contribution in [3.8, 4) is 0 Å². The molecule has 0 aliphatic rings. The second kappa shape index (κ2) is 8.42. The summed E-state index contributed by atoms with van der Waals surface area (Å²) in [5.74, 6) is -0.322. The van der Waals surface area contributed by atoms with Crippen LogP contribution in [0.25, 0.3) is 0 Å². The predicted octanol–water partition coefficient (Wildman–Crippen LogP) is 1.46. The zero-order valence-corrected chi connectivity index (χ0v) is 15.4. The Kier molecular flexibility index (Phi) is 7.18. The highest BCUT2D eigenvalue weighted by Gasteiger charge is 2.20. The number of hydrogen-bond donors (Lipinski definition) is 1. The lowest BCUT2D eigenvalue weighted by atomic mass is 10.1. The van der Waals surface area contributed by atoms with Gasteiger partial charge >= 0.3 is 0 Å². The van der Waals surface area contributed by atoms with Gasteiger partial charge in [0, 0.05) is 12.2 Å². The van der Waals surface area contributed by atoms with Crippen molar-refractivity contribution in [3.05, 3.63) is 29.3 Å². The lowest BCUT2D eigenvalue weighted by Gasteiger charge is -2.21. The molecule has 0 radical (unpaired) electrons. The van der Waals surface area contributed by atoms with Gasteiger partial charge in [0.05, 0.1) is 12.8 Å². The van der Waals surface area contributed by atoms with Crippen molar-refractivity contribution in [1.29, 1.82) is 0 Å². The topological polar surface area (TPSA) is 69.7 Å². The van der Waals surface area contributed by atoms with Crippen LogP contribution in [-0.2, 0) is 14.8 Å². The molecular formula is C16H27N3O3S. The largest absolute Gasteiger partial charge is 0.324 e. The molecule has 0 bridgehead atoms. The Morgan fingerprint density at radius 3 is 2.17 bits per heavy atom. The van der Waals surface area contributed by atoms with Crippen LogP contribution in [0.2, 0.25) is 0 Å². The maximum atomic E-state index is 12.2. The Morgan fingerprint density at radius 1 is 1.13 bits per heavy atom. The fourth-order valence-electron chi connectivity index (χ4n) is 2.28. The van der Waals surface area contributed by atoms with Crippen molar-refractivity contribution in [2.24, 2.45) is 0 Å². The van der Waals surface area contributed by atoms with E-state index in [-0.39, 0.29) is 12.5 Å². The van der Waals surface area contributed by atoms with Crippen molar-refractivity contribution in [2.75, 3.05) is 45.3 Å². The fourth-order valence-corrected chi connectivity index (χ4v) is 3.09. The van der Waals surface area contributed by atoms with Gasteiger partial charge in [-0.25, -0.2) is 8.42 Å². The minimum atomic E-state index is -3.42. The van der Waals surface area contributed by atoms with E-state index >= 15 is 0 Å². The summed E-state index contributed by atoms with van der Waals surface area (Å²) in [4.78, 5) is 14.2. The van der Waals surface area contributed by atoms with Gasteiger partial charge in [0.2, 0.25) is 15.9 Å². The molecule has 0 atom stereocenters. The molecule has 1 aromatic rings.